The molecule has 0 heterocycles. The zero-order valence-electron chi connectivity index (χ0n) is 47.3. The third-order valence-corrected chi connectivity index (χ3v) is 12.0. The van der Waals surface area contributed by atoms with E-state index in [0.717, 1.165) is 141 Å². The Balaban J connectivity index is 3.62. The van der Waals surface area contributed by atoms with E-state index in [1.165, 1.54) is 64.2 Å². The lowest BCUT2D eigenvalue weighted by Crippen LogP contribution is -2.28. The number of esters is 2. The summed E-state index contributed by atoms with van der Waals surface area (Å²) in [5.41, 5.74) is 0. The number of hydrogen-bond donors (Lipinski definition) is 1. The molecule has 0 saturated carbocycles. The fourth-order valence-electron chi connectivity index (χ4n) is 7.63. The minimum absolute atomic E-state index is 0.0851. The molecule has 0 rings (SSSR count). The van der Waals surface area contributed by atoms with Crippen LogP contribution in [-0.2, 0) is 19.1 Å². The molecule has 0 radical (unpaired) electrons. The zero-order chi connectivity index (χ0) is 53.4. The minimum atomic E-state index is -0.795. The van der Waals surface area contributed by atoms with Crippen molar-refractivity contribution in [3.8, 4) is 0 Å². The molecule has 0 aliphatic heterocycles. The van der Waals surface area contributed by atoms with Gasteiger partial charge < -0.3 is 14.6 Å². The average Bonchev–Trinajstić information content (AvgIpc) is 3.40. The normalized spacial score (nSPS) is 13.5. The van der Waals surface area contributed by atoms with Crippen LogP contribution in [0.2, 0.25) is 0 Å². The van der Waals surface area contributed by atoms with Gasteiger partial charge in [0.1, 0.15) is 6.61 Å². The smallest absolute Gasteiger partial charge is 0.306 e. The fraction of sp³-hybridized carbons (Fsp3) is 0.565. The molecular formula is C69H108O5. The third-order valence-electron chi connectivity index (χ3n) is 12.0. The molecule has 74 heavy (non-hydrogen) atoms. The van der Waals surface area contributed by atoms with Crippen molar-refractivity contribution in [3.05, 3.63) is 170 Å². The molecule has 0 spiro atoms. The Hall–Kier alpha value is -4.74. The Morgan fingerprint density at radius 2 is 0.541 bits per heavy atom. The lowest BCUT2D eigenvalue weighted by Gasteiger charge is -2.15. The van der Waals surface area contributed by atoms with Crippen LogP contribution in [0.4, 0.5) is 0 Å². The summed E-state index contributed by atoms with van der Waals surface area (Å²) in [7, 11) is 0. The molecule has 5 nitrogen and oxygen atoms in total. The maximum absolute atomic E-state index is 12.3. The molecule has 0 aromatic rings. The van der Waals surface area contributed by atoms with E-state index in [4.69, 9.17) is 9.47 Å². The van der Waals surface area contributed by atoms with Crippen LogP contribution >= 0.6 is 0 Å². The second-order valence-electron chi connectivity index (χ2n) is 19.0. The van der Waals surface area contributed by atoms with E-state index in [2.05, 4.69) is 184 Å². The maximum Gasteiger partial charge on any atom is 0.306 e. The van der Waals surface area contributed by atoms with Crippen molar-refractivity contribution in [2.24, 2.45) is 0 Å². The average molecular weight is 1020 g/mol. The number of ether oxygens (including phenoxy) is 2. The van der Waals surface area contributed by atoms with Crippen LogP contribution in [0.3, 0.4) is 0 Å². The van der Waals surface area contributed by atoms with E-state index in [1.54, 1.807) is 0 Å². The number of allylic oxidation sites excluding steroid dienone is 28. The number of aliphatic hydroxyl groups excluding tert-OH is 1. The highest BCUT2D eigenvalue weighted by Crippen LogP contribution is 2.14. The van der Waals surface area contributed by atoms with Gasteiger partial charge >= 0.3 is 11.9 Å². The molecule has 5 heteroatoms. The predicted molar refractivity (Wildman–Crippen MR) is 324 cm³/mol. The first-order chi connectivity index (χ1) is 36.6. The van der Waals surface area contributed by atoms with Crippen molar-refractivity contribution in [1.82, 2.24) is 0 Å². The molecule has 1 unspecified atom stereocenters. The van der Waals surface area contributed by atoms with Gasteiger partial charge in [-0.25, -0.2) is 0 Å². The van der Waals surface area contributed by atoms with Crippen molar-refractivity contribution in [1.29, 1.82) is 0 Å². The van der Waals surface area contributed by atoms with Gasteiger partial charge in [0.2, 0.25) is 0 Å². The molecule has 0 aromatic carbocycles. The summed E-state index contributed by atoms with van der Waals surface area (Å²) in [5, 5.41) is 9.67. The summed E-state index contributed by atoms with van der Waals surface area (Å²) < 4.78 is 10.7. The Bertz CT molecular complexity index is 1670. The molecular weight excluding hydrogens is 909 g/mol. The van der Waals surface area contributed by atoms with E-state index in [1.807, 2.05) is 0 Å². The lowest BCUT2D eigenvalue weighted by atomic mass is 10.1. The Morgan fingerprint density at radius 1 is 0.311 bits per heavy atom. The highest BCUT2D eigenvalue weighted by atomic mass is 16.6. The summed E-state index contributed by atoms with van der Waals surface area (Å²) in [6.07, 6.45) is 97.5. The molecule has 0 fully saturated rings. The highest BCUT2D eigenvalue weighted by Gasteiger charge is 2.16. The second kappa shape index (κ2) is 62.6. The number of unbranched alkanes of at least 4 members (excludes halogenated alkanes) is 16. The molecule has 0 aromatic heterocycles. The molecule has 0 saturated heterocycles. The quantitative estimate of drug-likeness (QED) is 0.0373. The van der Waals surface area contributed by atoms with Gasteiger partial charge in [0.05, 0.1) is 6.61 Å². The van der Waals surface area contributed by atoms with Gasteiger partial charge in [0, 0.05) is 12.8 Å². The van der Waals surface area contributed by atoms with Gasteiger partial charge in [-0.3, -0.25) is 9.59 Å². The van der Waals surface area contributed by atoms with E-state index in [0.29, 0.717) is 12.8 Å². The Kier molecular flexibility index (Phi) is 58.5. The first-order valence-corrected chi connectivity index (χ1v) is 29.7. The SMILES string of the molecule is CC/C=C\C/C=C\C/C=C\C/C=C\C/C=C\C/C=C\C/C=C\C/C=C\CCCCCCCCCCC(=O)OC(CO)COC(=O)CCCCCCCCCC/C=C\C/C=C\C/C=C\C/C=C\C/C=C\C/C=C\CC. The molecule has 0 aliphatic carbocycles. The summed E-state index contributed by atoms with van der Waals surface area (Å²) in [4.78, 5) is 24.6. The van der Waals surface area contributed by atoms with Crippen molar-refractivity contribution >= 4 is 11.9 Å². The van der Waals surface area contributed by atoms with Gasteiger partial charge in [-0.1, -0.05) is 261 Å². The second-order valence-corrected chi connectivity index (χ2v) is 19.0. The van der Waals surface area contributed by atoms with Crippen LogP contribution < -0.4 is 0 Å². The van der Waals surface area contributed by atoms with E-state index in [-0.39, 0.29) is 25.2 Å². The Labute approximate surface area is 455 Å². The molecule has 0 aliphatic rings. The first-order valence-electron chi connectivity index (χ1n) is 29.7. The molecule has 0 bridgehead atoms. The lowest BCUT2D eigenvalue weighted by molar-refractivity contribution is -0.161. The van der Waals surface area contributed by atoms with Crippen LogP contribution in [0.5, 0.6) is 0 Å². The van der Waals surface area contributed by atoms with E-state index >= 15 is 0 Å². The van der Waals surface area contributed by atoms with Gasteiger partial charge in [0.15, 0.2) is 6.10 Å². The van der Waals surface area contributed by atoms with E-state index < -0.39 is 6.10 Å². The van der Waals surface area contributed by atoms with Crippen molar-refractivity contribution in [3.63, 3.8) is 0 Å². The Morgan fingerprint density at radius 3 is 0.811 bits per heavy atom. The molecule has 0 amide bonds. The highest BCUT2D eigenvalue weighted by molar-refractivity contribution is 5.70. The van der Waals surface area contributed by atoms with E-state index in [9.17, 15) is 14.7 Å². The largest absolute Gasteiger partial charge is 0.462 e. The first kappa shape index (κ1) is 69.3. The maximum atomic E-state index is 12.3. The zero-order valence-corrected chi connectivity index (χ0v) is 47.3. The third kappa shape index (κ3) is 59.8. The minimum Gasteiger partial charge on any atom is -0.462 e. The van der Waals surface area contributed by atoms with Crippen LogP contribution in [0.1, 0.15) is 232 Å². The summed E-state index contributed by atoms with van der Waals surface area (Å²) in [6.45, 7) is 3.89. The summed E-state index contributed by atoms with van der Waals surface area (Å²) >= 11 is 0. The molecule has 414 valence electrons. The number of carbonyl (C=O) groups is 2. The van der Waals surface area contributed by atoms with Crippen LogP contribution in [0, 0.1) is 0 Å². The van der Waals surface area contributed by atoms with Gasteiger partial charge in [-0.15, -0.1) is 0 Å². The predicted octanol–water partition coefficient (Wildman–Crippen LogP) is 20.5. The van der Waals surface area contributed by atoms with Crippen LogP contribution in [0.15, 0.2) is 170 Å². The summed E-state index contributed by atoms with van der Waals surface area (Å²) in [5.74, 6) is -0.621. The number of rotatable bonds is 52. The molecule has 1 atom stereocenters. The van der Waals surface area contributed by atoms with Crippen molar-refractivity contribution in [2.45, 2.75) is 238 Å². The fourth-order valence-corrected chi connectivity index (χ4v) is 7.63. The topological polar surface area (TPSA) is 72.8 Å². The molecule has 1 N–H and O–H groups in total. The van der Waals surface area contributed by atoms with Crippen molar-refractivity contribution in [2.75, 3.05) is 13.2 Å². The number of carbonyl (C=O) groups excluding carboxylic acids is 2. The van der Waals surface area contributed by atoms with Crippen LogP contribution in [-0.4, -0.2) is 36.4 Å². The van der Waals surface area contributed by atoms with Crippen LogP contribution in [0.25, 0.3) is 0 Å². The van der Waals surface area contributed by atoms with Gasteiger partial charge in [0.25, 0.3) is 0 Å². The monoisotopic (exact) mass is 1020 g/mol. The standard InChI is InChI=1S/C69H108O5/c1-3-5-7-9-11-13-15-17-19-21-23-25-27-29-31-32-33-34-35-36-38-40-42-44-46-48-50-52-54-56-58-60-62-64-69(72)74-67(65-70)66-73-68(71)63-61-59-57-55-53-51-49-47-45-43-41-39-37-30-28-26-24-22-20-18-16-14-12-10-8-6-4-2/h5-8,11-14,17-20,23-26,29-31,33-34,36-38,41-44,67,70H,3-4,9-10,15-16,21-22,27-28,32,35,39-40,45-66H2,1-2H3/b7-5-,8-6-,13-11-,14-12-,19-17-,20-18-,25-23-,26-24-,31-29-,34-33-,37-30-,38-36-,43-41-,44-42-. The number of hydrogen-bond acceptors (Lipinski definition) is 5. The van der Waals surface area contributed by atoms with Gasteiger partial charge in [-0.05, 0) is 128 Å². The van der Waals surface area contributed by atoms with Gasteiger partial charge in [-0.2, -0.15) is 0 Å². The van der Waals surface area contributed by atoms with Crippen molar-refractivity contribution < 1.29 is 24.2 Å². The number of aliphatic hydroxyl groups is 1. The summed E-state index contributed by atoms with van der Waals surface area (Å²) in [6, 6.07) is 0.